The zero-order chi connectivity index (χ0) is 28.9. The van der Waals surface area contributed by atoms with E-state index in [1.165, 1.54) is 17.0 Å². The first-order valence-corrected chi connectivity index (χ1v) is 15.0. The van der Waals surface area contributed by atoms with Crippen molar-refractivity contribution in [3.05, 3.63) is 101 Å². The molecule has 1 aliphatic rings. The van der Waals surface area contributed by atoms with Gasteiger partial charge in [0.15, 0.2) is 0 Å². The number of fused-ring (bicyclic) bond motifs is 1. The molecule has 3 amide bonds. The number of rotatable bonds is 11. The fraction of sp³-hybridized carbons (Fsp3) is 0.300. The lowest BCUT2D eigenvalue weighted by Crippen LogP contribution is -2.52. The van der Waals surface area contributed by atoms with Gasteiger partial charge in [-0.1, -0.05) is 79.2 Å². The smallest absolute Gasteiger partial charge is 0.269 e. The topological polar surface area (TPSA) is 104 Å². The molecule has 1 N–H and O–H groups in total. The second-order valence-electron chi connectivity index (χ2n) is 9.76. The minimum absolute atomic E-state index is 0.0326. The summed E-state index contributed by atoms with van der Waals surface area (Å²) in [7, 11) is -4.07. The van der Waals surface area contributed by atoms with Crippen LogP contribution in [0.1, 0.15) is 48.2 Å². The molecule has 0 saturated heterocycles. The monoisotopic (exact) mass is 581 g/mol. The van der Waals surface area contributed by atoms with Crippen LogP contribution >= 0.6 is 11.6 Å². The van der Waals surface area contributed by atoms with Crippen LogP contribution in [0.25, 0.3) is 0 Å². The maximum atomic E-state index is 13.9. The number of benzene rings is 3. The number of carbonyl (C=O) groups is 3. The summed E-state index contributed by atoms with van der Waals surface area (Å²) >= 11 is 6.44. The molecule has 210 valence electrons. The Labute approximate surface area is 240 Å². The number of hydrogen-bond donors (Lipinski definition) is 1. The van der Waals surface area contributed by atoms with Crippen molar-refractivity contribution in [1.29, 1.82) is 0 Å². The summed E-state index contributed by atoms with van der Waals surface area (Å²) in [6.07, 6.45) is 0.648. The van der Waals surface area contributed by atoms with Crippen molar-refractivity contribution in [2.75, 3.05) is 6.54 Å². The van der Waals surface area contributed by atoms with Gasteiger partial charge in [-0.3, -0.25) is 14.4 Å². The summed E-state index contributed by atoms with van der Waals surface area (Å²) in [6.45, 7) is 3.53. The van der Waals surface area contributed by atoms with E-state index in [0.29, 0.717) is 17.0 Å². The molecular formula is C30H32ClN3O5S. The van der Waals surface area contributed by atoms with Crippen LogP contribution in [0.15, 0.2) is 83.8 Å². The maximum absolute atomic E-state index is 13.9. The van der Waals surface area contributed by atoms with E-state index in [1.54, 1.807) is 36.4 Å². The number of carbonyl (C=O) groups excluding carboxylic acids is 3. The predicted octanol–water partition coefficient (Wildman–Crippen LogP) is 4.43. The Bertz CT molecular complexity index is 1500. The zero-order valence-corrected chi connectivity index (χ0v) is 24.0. The molecule has 1 heterocycles. The molecule has 0 unspecified atom stereocenters. The van der Waals surface area contributed by atoms with Gasteiger partial charge in [0.1, 0.15) is 10.9 Å². The first kappa shape index (κ1) is 29.3. The van der Waals surface area contributed by atoms with E-state index in [4.69, 9.17) is 11.6 Å². The molecule has 10 heteroatoms. The summed E-state index contributed by atoms with van der Waals surface area (Å²) in [6, 6.07) is 21.4. The van der Waals surface area contributed by atoms with Gasteiger partial charge in [0, 0.05) is 37.0 Å². The summed E-state index contributed by atoms with van der Waals surface area (Å²) in [5.74, 6) is -1.47. The highest BCUT2D eigenvalue weighted by molar-refractivity contribution is 7.90. The SMILES string of the molecule is CC[C@@H](C)NC(=O)[C@@H](Cc1ccccc1)N(Cc1ccccc1Cl)C(=O)CCN1C(=O)c2ccccc2S1(=O)=O. The zero-order valence-electron chi connectivity index (χ0n) is 22.4. The molecule has 4 rings (SSSR count). The Kier molecular flexibility index (Phi) is 9.27. The molecule has 2 atom stereocenters. The molecule has 40 heavy (non-hydrogen) atoms. The molecule has 0 bridgehead atoms. The summed E-state index contributed by atoms with van der Waals surface area (Å²) in [4.78, 5) is 41.7. The van der Waals surface area contributed by atoms with Crippen LogP contribution in [0.2, 0.25) is 5.02 Å². The Morgan fingerprint density at radius 1 is 0.975 bits per heavy atom. The molecule has 0 radical (unpaired) electrons. The molecular weight excluding hydrogens is 550 g/mol. The van der Waals surface area contributed by atoms with E-state index in [0.717, 1.165) is 9.87 Å². The van der Waals surface area contributed by atoms with Crippen molar-refractivity contribution in [2.45, 2.75) is 56.6 Å². The molecule has 0 aromatic heterocycles. The molecule has 1 aliphatic heterocycles. The fourth-order valence-electron chi connectivity index (χ4n) is 4.60. The average molecular weight is 582 g/mol. The Balaban J connectivity index is 1.65. The number of amides is 3. The van der Waals surface area contributed by atoms with Crippen LogP contribution < -0.4 is 5.32 Å². The third kappa shape index (κ3) is 6.37. The van der Waals surface area contributed by atoms with Gasteiger partial charge >= 0.3 is 0 Å². The first-order valence-electron chi connectivity index (χ1n) is 13.2. The van der Waals surface area contributed by atoms with Crippen molar-refractivity contribution in [1.82, 2.24) is 14.5 Å². The van der Waals surface area contributed by atoms with Gasteiger partial charge in [0.05, 0.1) is 5.56 Å². The van der Waals surface area contributed by atoms with Crippen LogP contribution in [0.3, 0.4) is 0 Å². The highest BCUT2D eigenvalue weighted by Gasteiger charge is 2.41. The van der Waals surface area contributed by atoms with Gasteiger partial charge in [-0.15, -0.1) is 0 Å². The van der Waals surface area contributed by atoms with E-state index in [2.05, 4.69) is 5.32 Å². The molecule has 0 saturated carbocycles. The summed E-state index contributed by atoms with van der Waals surface area (Å²) < 4.78 is 26.8. The molecule has 8 nitrogen and oxygen atoms in total. The molecule has 3 aromatic rings. The third-order valence-corrected chi connectivity index (χ3v) is 9.22. The Hall–Kier alpha value is -3.69. The van der Waals surface area contributed by atoms with E-state index in [9.17, 15) is 22.8 Å². The minimum Gasteiger partial charge on any atom is -0.352 e. The quantitative estimate of drug-likeness (QED) is 0.361. The largest absolute Gasteiger partial charge is 0.352 e. The van der Waals surface area contributed by atoms with Gasteiger partial charge in [-0.05, 0) is 42.7 Å². The second kappa shape index (κ2) is 12.7. The lowest BCUT2D eigenvalue weighted by atomic mass is 10.0. The summed E-state index contributed by atoms with van der Waals surface area (Å²) in [5, 5.41) is 3.43. The van der Waals surface area contributed by atoms with E-state index < -0.39 is 27.9 Å². The lowest BCUT2D eigenvalue weighted by Gasteiger charge is -2.33. The van der Waals surface area contributed by atoms with Gasteiger partial charge in [0.2, 0.25) is 11.8 Å². The highest BCUT2D eigenvalue weighted by Crippen LogP contribution is 2.30. The fourth-order valence-corrected chi connectivity index (χ4v) is 6.36. The van der Waals surface area contributed by atoms with Crippen molar-refractivity contribution < 1.29 is 22.8 Å². The third-order valence-electron chi connectivity index (χ3n) is 7.01. The Morgan fingerprint density at radius 2 is 1.62 bits per heavy atom. The minimum atomic E-state index is -4.07. The van der Waals surface area contributed by atoms with Crippen LogP contribution in [-0.2, 0) is 32.6 Å². The van der Waals surface area contributed by atoms with Crippen LogP contribution in [0.5, 0.6) is 0 Å². The van der Waals surface area contributed by atoms with Gasteiger partial charge < -0.3 is 10.2 Å². The van der Waals surface area contributed by atoms with Gasteiger partial charge in [0.25, 0.3) is 15.9 Å². The van der Waals surface area contributed by atoms with Crippen LogP contribution in [-0.4, -0.2) is 54.0 Å². The van der Waals surface area contributed by atoms with E-state index >= 15 is 0 Å². The number of nitrogens with one attached hydrogen (secondary N) is 1. The molecule has 0 spiro atoms. The standard InChI is InChI=1S/C30H32ClN3O5S/c1-3-21(2)32-29(36)26(19-22-11-5-4-6-12-22)33(20-23-13-7-9-15-25(23)31)28(35)17-18-34-30(37)24-14-8-10-16-27(24)40(34,38)39/h4-16,21,26H,3,17-20H2,1-2H3,(H,32,36)/t21-,26-/m1/s1. The number of nitrogens with zero attached hydrogens (tertiary/aromatic N) is 2. The van der Waals surface area contributed by atoms with Crippen molar-refractivity contribution in [2.24, 2.45) is 0 Å². The maximum Gasteiger partial charge on any atom is 0.269 e. The number of hydrogen-bond acceptors (Lipinski definition) is 5. The molecule has 0 fully saturated rings. The highest BCUT2D eigenvalue weighted by atomic mass is 35.5. The van der Waals surface area contributed by atoms with Gasteiger partial charge in [-0.2, -0.15) is 0 Å². The van der Waals surface area contributed by atoms with Crippen molar-refractivity contribution >= 4 is 39.3 Å². The normalized spacial score (nSPS) is 15.3. The second-order valence-corrected chi connectivity index (χ2v) is 12.0. The number of halogens is 1. The number of sulfonamides is 1. The Morgan fingerprint density at radius 3 is 2.30 bits per heavy atom. The van der Waals surface area contributed by atoms with Crippen LogP contribution in [0, 0.1) is 0 Å². The predicted molar refractivity (Wildman–Crippen MR) is 153 cm³/mol. The van der Waals surface area contributed by atoms with Crippen molar-refractivity contribution in [3.63, 3.8) is 0 Å². The molecule has 3 aromatic carbocycles. The first-order chi connectivity index (χ1) is 19.1. The van der Waals surface area contributed by atoms with Crippen molar-refractivity contribution in [3.8, 4) is 0 Å². The lowest BCUT2D eigenvalue weighted by molar-refractivity contribution is -0.141. The summed E-state index contributed by atoms with van der Waals surface area (Å²) in [5.41, 5.74) is 1.58. The van der Waals surface area contributed by atoms with E-state index in [1.807, 2.05) is 44.2 Å². The molecule has 0 aliphatic carbocycles. The van der Waals surface area contributed by atoms with Gasteiger partial charge in [-0.25, -0.2) is 12.7 Å². The van der Waals surface area contributed by atoms with Crippen LogP contribution in [0.4, 0.5) is 0 Å². The van der Waals surface area contributed by atoms with E-state index in [-0.39, 0.29) is 48.3 Å². The average Bonchev–Trinajstić information content (AvgIpc) is 3.15.